The van der Waals surface area contributed by atoms with Gasteiger partial charge >= 0.3 is 0 Å². The molecule has 0 bridgehead atoms. The van der Waals surface area contributed by atoms with Crippen LogP contribution >= 0.6 is 12.2 Å². The molecule has 3 N–H and O–H groups in total. The van der Waals surface area contributed by atoms with Crippen LogP contribution in [0.15, 0.2) is 0 Å². The van der Waals surface area contributed by atoms with Gasteiger partial charge in [0, 0.05) is 0 Å². The summed E-state index contributed by atoms with van der Waals surface area (Å²) in [7, 11) is 0. The predicted octanol–water partition coefficient (Wildman–Crippen LogP) is 1.28. The van der Waals surface area contributed by atoms with Crippen molar-refractivity contribution < 1.29 is 9.84 Å². The summed E-state index contributed by atoms with van der Waals surface area (Å²) in [6, 6.07) is 0. The van der Waals surface area contributed by atoms with E-state index in [0.29, 0.717) is 6.61 Å². The third kappa shape index (κ3) is 23.1. The molecule has 0 rings (SSSR count). The Bertz CT molecular complexity index is 145. The summed E-state index contributed by atoms with van der Waals surface area (Å²) in [5.41, 5.74) is 5.08. The van der Waals surface area contributed by atoms with E-state index in [1.807, 2.05) is 0 Å². The van der Waals surface area contributed by atoms with E-state index in [2.05, 4.69) is 19.1 Å². The van der Waals surface area contributed by atoms with E-state index in [-0.39, 0.29) is 5.17 Å². The number of rotatable bonds is 4. The predicted molar refractivity (Wildman–Crippen MR) is 49.8 cm³/mol. The van der Waals surface area contributed by atoms with Gasteiger partial charge in [0.2, 0.25) is 0 Å². The van der Waals surface area contributed by atoms with Crippen LogP contribution in [-0.4, -0.2) is 16.9 Å². The van der Waals surface area contributed by atoms with E-state index in [4.69, 9.17) is 20.8 Å². The summed E-state index contributed by atoms with van der Waals surface area (Å²) >= 11 is 4.50. The molecule has 12 heavy (non-hydrogen) atoms. The maximum absolute atomic E-state index is 6.88. The number of unbranched alkanes of at least 4 members (excludes halogenated alkanes) is 2. The topological polar surface area (TPSA) is 79.3 Å². The van der Waals surface area contributed by atoms with Gasteiger partial charge in [-0.1, -0.05) is 19.8 Å². The van der Waals surface area contributed by atoms with Gasteiger partial charge in [-0.05, 0) is 18.6 Å². The van der Waals surface area contributed by atoms with Crippen molar-refractivity contribution in [2.75, 3.05) is 6.61 Å². The Kier molecular flexibility index (Phi) is 14.3. The molecular formula is C7H14N2O2S. The second-order valence-electron chi connectivity index (χ2n) is 1.97. The number of aliphatic hydroxyl groups excluding tert-OH is 1. The van der Waals surface area contributed by atoms with Gasteiger partial charge in [0.25, 0.3) is 11.4 Å². The molecule has 0 heterocycles. The lowest BCUT2D eigenvalue weighted by atomic mass is 10.3. The van der Waals surface area contributed by atoms with Crippen molar-refractivity contribution in [3.63, 3.8) is 0 Å². The van der Waals surface area contributed by atoms with Crippen molar-refractivity contribution >= 4 is 17.4 Å². The van der Waals surface area contributed by atoms with Gasteiger partial charge in [0.05, 0.1) is 6.61 Å². The number of nitrogens with zero attached hydrogens (tertiary/aromatic N) is 1. The molecule has 0 aromatic carbocycles. The van der Waals surface area contributed by atoms with Gasteiger partial charge in [-0.25, -0.2) is 0 Å². The molecule has 70 valence electrons. The molecule has 0 spiro atoms. The fourth-order valence-corrected chi connectivity index (χ4v) is 0.608. The molecule has 0 aromatic rings. The van der Waals surface area contributed by atoms with Gasteiger partial charge in [-0.15, -0.1) is 0 Å². The summed E-state index contributed by atoms with van der Waals surface area (Å²) in [6.45, 7) is 2.81. The quantitative estimate of drug-likeness (QED) is 0.396. The van der Waals surface area contributed by atoms with Crippen LogP contribution in [0.3, 0.4) is 0 Å². The number of nitriles is 1. The smallest absolute Gasteiger partial charge is 0.283 e. The molecule has 0 unspecified atom stereocenters. The molecule has 0 saturated carbocycles. The normalized spacial score (nSPS) is 7.33. The lowest BCUT2D eigenvalue weighted by molar-refractivity contribution is 0.297. The van der Waals surface area contributed by atoms with E-state index in [1.54, 1.807) is 0 Å². The Morgan fingerprint density at radius 1 is 1.67 bits per heavy atom. The van der Waals surface area contributed by atoms with Crippen molar-refractivity contribution in [2.45, 2.75) is 26.2 Å². The largest absolute Gasteiger partial charge is 0.471 e. The third-order valence-electron chi connectivity index (χ3n) is 0.992. The molecular weight excluding hydrogens is 176 g/mol. The number of ether oxygens (including phenoxy) is 1. The first-order chi connectivity index (χ1) is 5.68. The first-order valence-corrected chi connectivity index (χ1v) is 4.05. The zero-order valence-corrected chi connectivity index (χ0v) is 7.93. The molecule has 0 radical (unpaired) electrons. The SMILES string of the molecule is CCCCCOC(N)=S.N#CO. The van der Waals surface area contributed by atoms with Crippen LogP contribution < -0.4 is 5.73 Å². The fourth-order valence-electron chi connectivity index (χ4n) is 0.525. The minimum absolute atomic E-state index is 0.158. The molecule has 0 aliphatic carbocycles. The lowest BCUT2D eigenvalue weighted by Gasteiger charge is -2.00. The molecule has 0 amide bonds. The monoisotopic (exact) mass is 190 g/mol. The van der Waals surface area contributed by atoms with E-state index in [0.717, 1.165) is 12.7 Å². The highest BCUT2D eigenvalue weighted by Crippen LogP contribution is 1.93. The minimum atomic E-state index is 0.158. The average molecular weight is 190 g/mol. The highest BCUT2D eigenvalue weighted by Gasteiger charge is 1.87. The van der Waals surface area contributed by atoms with Gasteiger partial charge in [0.15, 0.2) is 0 Å². The Hall–Kier alpha value is -1.02. The fraction of sp³-hybridized carbons (Fsp3) is 0.714. The Morgan fingerprint density at radius 3 is 2.50 bits per heavy atom. The average Bonchev–Trinajstić information content (AvgIpc) is 1.99. The third-order valence-corrected chi connectivity index (χ3v) is 1.11. The highest BCUT2D eigenvalue weighted by molar-refractivity contribution is 7.80. The summed E-state index contributed by atoms with van der Waals surface area (Å²) in [6.07, 6.45) is 4.18. The Labute approximate surface area is 77.9 Å². The van der Waals surface area contributed by atoms with Crippen molar-refractivity contribution in [3.05, 3.63) is 0 Å². The number of nitrogens with two attached hydrogens (primary N) is 1. The van der Waals surface area contributed by atoms with E-state index in [1.165, 1.54) is 12.8 Å². The van der Waals surface area contributed by atoms with Crippen molar-refractivity contribution in [1.82, 2.24) is 0 Å². The molecule has 0 fully saturated rings. The van der Waals surface area contributed by atoms with Gasteiger partial charge in [-0.3, -0.25) is 0 Å². The maximum Gasteiger partial charge on any atom is 0.283 e. The summed E-state index contributed by atoms with van der Waals surface area (Å²) < 4.78 is 4.85. The summed E-state index contributed by atoms with van der Waals surface area (Å²) in [5.74, 6) is 0. The van der Waals surface area contributed by atoms with Crippen molar-refractivity contribution in [2.24, 2.45) is 5.73 Å². The minimum Gasteiger partial charge on any atom is -0.471 e. The van der Waals surface area contributed by atoms with Crippen LogP contribution in [0.25, 0.3) is 0 Å². The molecule has 5 heteroatoms. The summed E-state index contributed by atoms with van der Waals surface area (Å²) in [4.78, 5) is 0. The van der Waals surface area contributed by atoms with Crippen LogP contribution in [0.2, 0.25) is 0 Å². The molecule has 0 aliphatic rings. The van der Waals surface area contributed by atoms with Gasteiger partial charge < -0.3 is 15.6 Å². The van der Waals surface area contributed by atoms with Crippen LogP contribution in [-0.2, 0) is 4.74 Å². The first-order valence-electron chi connectivity index (χ1n) is 3.64. The van der Waals surface area contributed by atoms with Crippen molar-refractivity contribution in [3.8, 4) is 6.26 Å². The molecule has 0 saturated heterocycles. The van der Waals surface area contributed by atoms with E-state index < -0.39 is 0 Å². The van der Waals surface area contributed by atoms with Crippen LogP contribution in [0, 0.1) is 11.5 Å². The Balaban J connectivity index is 0. The number of hydrogen-bond donors (Lipinski definition) is 2. The molecule has 0 aromatic heterocycles. The van der Waals surface area contributed by atoms with Gasteiger partial charge in [0.1, 0.15) is 0 Å². The standard InChI is InChI=1S/C6H13NOS.CHNO/c1-2-3-4-5-8-6(7)9;2-1-3/h2-5H2,1H3,(H2,7,9);3H. The van der Waals surface area contributed by atoms with Crippen LogP contribution in [0.1, 0.15) is 26.2 Å². The number of thiocarbonyl (C=S) groups is 1. The van der Waals surface area contributed by atoms with Gasteiger partial charge in [-0.2, -0.15) is 5.26 Å². The number of aliphatic hydroxyl groups is 1. The van der Waals surface area contributed by atoms with E-state index >= 15 is 0 Å². The van der Waals surface area contributed by atoms with Crippen LogP contribution in [0.5, 0.6) is 0 Å². The molecule has 0 atom stereocenters. The zero-order valence-electron chi connectivity index (χ0n) is 7.12. The summed E-state index contributed by atoms with van der Waals surface area (Å²) in [5, 5.41) is 13.9. The highest BCUT2D eigenvalue weighted by atomic mass is 32.1. The van der Waals surface area contributed by atoms with Crippen LogP contribution in [0.4, 0.5) is 0 Å². The first kappa shape index (κ1) is 13.6. The lowest BCUT2D eigenvalue weighted by Crippen LogP contribution is -2.13. The second-order valence-corrected chi connectivity index (χ2v) is 2.38. The molecule has 4 nitrogen and oxygen atoms in total. The Morgan fingerprint density at radius 2 is 2.17 bits per heavy atom. The van der Waals surface area contributed by atoms with E-state index in [9.17, 15) is 0 Å². The zero-order chi connectivity index (χ0) is 9.82. The second kappa shape index (κ2) is 12.6. The maximum atomic E-state index is 6.88. The number of hydrogen-bond acceptors (Lipinski definition) is 4. The molecule has 0 aliphatic heterocycles. The van der Waals surface area contributed by atoms with Crippen molar-refractivity contribution in [1.29, 1.82) is 5.26 Å².